The molecule has 2 atom stereocenters. The fourth-order valence-electron chi connectivity index (χ4n) is 3.42. The average Bonchev–Trinajstić information content (AvgIpc) is 3.39. The van der Waals surface area contributed by atoms with E-state index in [0.717, 1.165) is 22.2 Å². The molecule has 0 unspecified atom stereocenters. The smallest absolute Gasteiger partial charge is 0.137 e. The van der Waals surface area contributed by atoms with Crippen LogP contribution in [0.2, 0.25) is 0 Å². The highest BCUT2D eigenvalue weighted by Gasteiger charge is 2.40. The lowest BCUT2D eigenvalue weighted by atomic mass is 9.86. The Morgan fingerprint density at radius 3 is 2.70 bits per heavy atom. The SMILES string of the molecule is C[C@@H](n1ccc(-c2cccc(Br)c2)n1)[C@](O)(Cn1cncn1)c1ccc(F)cc1F. The maximum atomic E-state index is 14.7. The number of hydrogen-bond donors (Lipinski definition) is 1. The van der Waals surface area contributed by atoms with Crippen LogP contribution >= 0.6 is 15.9 Å². The van der Waals surface area contributed by atoms with Gasteiger partial charge in [-0.1, -0.05) is 34.1 Å². The zero-order chi connectivity index (χ0) is 21.3. The van der Waals surface area contributed by atoms with E-state index in [1.807, 2.05) is 30.3 Å². The van der Waals surface area contributed by atoms with Gasteiger partial charge in [0.2, 0.25) is 0 Å². The standard InChI is InChI=1S/C21H18BrF2N5O/c1-14(29-8-7-20(27-29)15-3-2-4-16(22)9-15)21(30,11-28-13-25-12-26-28)18-6-5-17(23)10-19(18)24/h2-10,12-14,30H,11H2,1H3/t14-,21-/m1/s1. The lowest BCUT2D eigenvalue weighted by Crippen LogP contribution is -2.40. The first-order valence-corrected chi connectivity index (χ1v) is 9.97. The van der Waals surface area contributed by atoms with Crippen molar-refractivity contribution in [3.05, 3.63) is 89.1 Å². The topological polar surface area (TPSA) is 68.8 Å². The Labute approximate surface area is 179 Å². The van der Waals surface area contributed by atoms with Gasteiger partial charge in [-0.25, -0.2) is 18.4 Å². The van der Waals surface area contributed by atoms with E-state index in [0.29, 0.717) is 5.69 Å². The van der Waals surface area contributed by atoms with Crippen molar-refractivity contribution in [3.8, 4) is 11.3 Å². The van der Waals surface area contributed by atoms with Crippen LogP contribution in [0.25, 0.3) is 11.3 Å². The fraction of sp³-hybridized carbons (Fsp3) is 0.190. The highest BCUT2D eigenvalue weighted by atomic mass is 79.9. The number of halogens is 3. The molecule has 154 valence electrons. The Hall–Kier alpha value is -2.91. The number of aliphatic hydroxyl groups is 1. The van der Waals surface area contributed by atoms with Crippen molar-refractivity contribution >= 4 is 15.9 Å². The van der Waals surface area contributed by atoms with Gasteiger partial charge in [-0.15, -0.1) is 0 Å². The van der Waals surface area contributed by atoms with Gasteiger partial charge in [0.05, 0.1) is 18.3 Å². The maximum absolute atomic E-state index is 14.7. The second-order valence-corrected chi connectivity index (χ2v) is 7.92. The Morgan fingerprint density at radius 2 is 2.00 bits per heavy atom. The first kappa shape index (κ1) is 20.4. The molecule has 0 fully saturated rings. The van der Waals surface area contributed by atoms with Gasteiger partial charge in [-0.3, -0.25) is 4.68 Å². The van der Waals surface area contributed by atoms with E-state index < -0.39 is 23.3 Å². The van der Waals surface area contributed by atoms with Crippen molar-refractivity contribution in [1.29, 1.82) is 0 Å². The van der Waals surface area contributed by atoms with Gasteiger partial charge in [-0.2, -0.15) is 10.2 Å². The minimum atomic E-state index is -1.77. The van der Waals surface area contributed by atoms with E-state index >= 15 is 0 Å². The number of aromatic nitrogens is 5. The molecule has 9 heteroatoms. The molecule has 0 aliphatic heterocycles. The maximum Gasteiger partial charge on any atom is 0.137 e. The van der Waals surface area contributed by atoms with E-state index in [4.69, 9.17) is 0 Å². The van der Waals surface area contributed by atoms with Crippen molar-refractivity contribution in [2.24, 2.45) is 0 Å². The van der Waals surface area contributed by atoms with E-state index in [1.165, 1.54) is 23.4 Å². The summed E-state index contributed by atoms with van der Waals surface area (Å²) >= 11 is 3.44. The van der Waals surface area contributed by atoms with E-state index in [2.05, 4.69) is 31.1 Å². The zero-order valence-corrected chi connectivity index (χ0v) is 17.5. The Morgan fingerprint density at radius 1 is 1.17 bits per heavy atom. The molecule has 4 rings (SSSR count). The average molecular weight is 474 g/mol. The van der Waals surface area contributed by atoms with Crippen LogP contribution in [0, 0.1) is 11.6 Å². The monoisotopic (exact) mass is 473 g/mol. The molecule has 0 radical (unpaired) electrons. The Kier molecular flexibility index (Phi) is 5.48. The predicted molar refractivity (Wildman–Crippen MR) is 110 cm³/mol. The summed E-state index contributed by atoms with van der Waals surface area (Å²) in [6.45, 7) is 1.63. The fourth-order valence-corrected chi connectivity index (χ4v) is 3.82. The summed E-state index contributed by atoms with van der Waals surface area (Å²) in [4.78, 5) is 3.88. The van der Waals surface area contributed by atoms with Gasteiger partial charge >= 0.3 is 0 Å². The van der Waals surface area contributed by atoms with Crippen LogP contribution in [-0.2, 0) is 12.1 Å². The normalized spacial score (nSPS) is 14.4. The summed E-state index contributed by atoms with van der Waals surface area (Å²) in [5.41, 5.74) is -0.230. The van der Waals surface area contributed by atoms with Crippen LogP contribution in [0.15, 0.2) is 71.9 Å². The Bertz CT molecular complexity index is 1160. The van der Waals surface area contributed by atoms with Crippen LogP contribution in [0.1, 0.15) is 18.5 Å². The number of hydrogen-bond acceptors (Lipinski definition) is 4. The van der Waals surface area contributed by atoms with E-state index in [-0.39, 0.29) is 12.1 Å². The second-order valence-electron chi connectivity index (χ2n) is 7.01. The van der Waals surface area contributed by atoms with Gasteiger partial charge in [0.1, 0.15) is 29.9 Å². The van der Waals surface area contributed by atoms with Crippen LogP contribution in [-0.4, -0.2) is 29.7 Å². The summed E-state index contributed by atoms with van der Waals surface area (Å²) in [5.74, 6) is -1.56. The zero-order valence-electron chi connectivity index (χ0n) is 16.0. The van der Waals surface area contributed by atoms with Gasteiger partial charge in [0.15, 0.2) is 0 Å². The molecule has 0 amide bonds. The minimum Gasteiger partial charge on any atom is -0.381 e. The molecule has 0 aliphatic rings. The Balaban J connectivity index is 1.75. The second kappa shape index (κ2) is 8.08. The van der Waals surface area contributed by atoms with Crippen LogP contribution in [0.3, 0.4) is 0 Å². The van der Waals surface area contributed by atoms with Crippen molar-refractivity contribution in [2.75, 3.05) is 0 Å². The first-order chi connectivity index (χ1) is 14.4. The summed E-state index contributed by atoms with van der Waals surface area (Å²) in [6, 6.07) is 11.9. The van der Waals surface area contributed by atoms with Gasteiger partial charge in [0, 0.05) is 27.9 Å². The van der Waals surface area contributed by atoms with E-state index in [9.17, 15) is 13.9 Å². The summed E-state index contributed by atoms with van der Waals surface area (Å²) in [5, 5.41) is 20.3. The lowest BCUT2D eigenvalue weighted by molar-refractivity contribution is -0.0368. The molecule has 4 aromatic rings. The van der Waals surface area contributed by atoms with Crippen molar-refractivity contribution < 1.29 is 13.9 Å². The molecule has 2 aromatic carbocycles. The molecule has 1 N–H and O–H groups in total. The lowest BCUT2D eigenvalue weighted by Gasteiger charge is -2.34. The van der Waals surface area contributed by atoms with Crippen molar-refractivity contribution in [2.45, 2.75) is 25.1 Å². The highest BCUT2D eigenvalue weighted by Crippen LogP contribution is 2.37. The molecule has 0 aliphatic carbocycles. The van der Waals surface area contributed by atoms with Crippen LogP contribution < -0.4 is 0 Å². The number of rotatable bonds is 6. The molecule has 0 bridgehead atoms. The quantitative estimate of drug-likeness (QED) is 0.452. The van der Waals surface area contributed by atoms with Gasteiger partial charge < -0.3 is 5.11 Å². The van der Waals surface area contributed by atoms with Crippen LogP contribution in [0.4, 0.5) is 8.78 Å². The van der Waals surface area contributed by atoms with Gasteiger partial charge in [-0.05, 0) is 31.2 Å². The highest BCUT2D eigenvalue weighted by molar-refractivity contribution is 9.10. The summed E-state index contributed by atoms with van der Waals surface area (Å²) in [6.07, 6.45) is 4.47. The van der Waals surface area contributed by atoms with Crippen molar-refractivity contribution in [1.82, 2.24) is 24.5 Å². The number of nitrogens with zero attached hydrogens (tertiary/aromatic N) is 5. The molecule has 30 heavy (non-hydrogen) atoms. The van der Waals surface area contributed by atoms with Gasteiger partial charge in [0.25, 0.3) is 0 Å². The van der Waals surface area contributed by atoms with Crippen LogP contribution in [0.5, 0.6) is 0 Å². The summed E-state index contributed by atoms with van der Waals surface area (Å²) in [7, 11) is 0. The third-order valence-corrected chi connectivity index (χ3v) is 5.58. The minimum absolute atomic E-state index is 0.0496. The molecule has 0 saturated carbocycles. The number of benzene rings is 2. The predicted octanol–water partition coefficient (Wildman–Crippen LogP) is 4.33. The van der Waals surface area contributed by atoms with Crippen molar-refractivity contribution in [3.63, 3.8) is 0 Å². The largest absolute Gasteiger partial charge is 0.381 e. The third kappa shape index (κ3) is 3.90. The molecular weight excluding hydrogens is 456 g/mol. The van der Waals surface area contributed by atoms with E-state index in [1.54, 1.807) is 17.8 Å². The summed E-state index contributed by atoms with van der Waals surface area (Å²) < 4.78 is 32.1. The molecular formula is C21H18BrF2N5O. The first-order valence-electron chi connectivity index (χ1n) is 9.18. The molecule has 0 saturated heterocycles. The third-order valence-electron chi connectivity index (χ3n) is 5.08. The molecule has 2 heterocycles. The molecule has 2 aromatic heterocycles. The molecule has 0 spiro atoms. The molecule has 6 nitrogen and oxygen atoms in total.